The zero-order valence-electron chi connectivity index (χ0n) is 11.3. The Morgan fingerprint density at radius 2 is 1.20 bits per heavy atom. The molecule has 0 aromatic heterocycles. The van der Waals surface area contributed by atoms with Gasteiger partial charge in [-0.15, -0.1) is 12.6 Å². The minimum atomic E-state index is -0.721. The van der Waals surface area contributed by atoms with Gasteiger partial charge >= 0.3 is 37.4 Å². The van der Waals surface area contributed by atoms with E-state index in [2.05, 4.69) is 26.8 Å². The average Bonchev–Trinajstić information content (AvgIpc) is 2.44. The number of benzene rings is 1. The Bertz CT molecular complexity index is 506. The SMILES string of the molecule is COC(=O)c1cc(C(=O)OC)c(S)c(C(=O)OC)c1.[Zn+2]. The summed E-state index contributed by atoms with van der Waals surface area (Å²) in [6, 6.07) is 2.49. The van der Waals surface area contributed by atoms with E-state index < -0.39 is 17.9 Å². The molecule has 1 aromatic rings. The summed E-state index contributed by atoms with van der Waals surface area (Å²) in [6.07, 6.45) is 0. The predicted molar refractivity (Wildman–Crippen MR) is 67.7 cm³/mol. The molecule has 0 aliphatic rings. The number of thiol groups is 1. The van der Waals surface area contributed by atoms with Crippen molar-refractivity contribution in [2.45, 2.75) is 4.90 Å². The van der Waals surface area contributed by atoms with Crippen molar-refractivity contribution < 1.29 is 48.1 Å². The third-order valence-corrected chi connectivity index (χ3v) is 2.82. The third kappa shape index (κ3) is 3.80. The predicted octanol–water partition coefficient (Wildman–Crippen LogP) is 1.33. The normalized spacial score (nSPS) is 9.20. The molecule has 0 bridgehead atoms. The largest absolute Gasteiger partial charge is 2.00 e. The zero-order chi connectivity index (χ0) is 14.6. The van der Waals surface area contributed by atoms with Crippen LogP contribution in [0.15, 0.2) is 17.0 Å². The van der Waals surface area contributed by atoms with Crippen molar-refractivity contribution in [1.29, 1.82) is 0 Å². The summed E-state index contributed by atoms with van der Waals surface area (Å²) in [5, 5.41) is 0. The van der Waals surface area contributed by atoms with Crippen LogP contribution < -0.4 is 0 Å². The third-order valence-electron chi connectivity index (χ3n) is 2.34. The Morgan fingerprint density at radius 3 is 1.50 bits per heavy atom. The summed E-state index contributed by atoms with van der Waals surface area (Å²) in [7, 11) is 3.54. The van der Waals surface area contributed by atoms with Gasteiger partial charge in [-0.05, 0) is 12.1 Å². The second-order valence-corrected chi connectivity index (χ2v) is 3.84. The molecule has 0 spiro atoms. The molecule has 0 radical (unpaired) electrons. The van der Waals surface area contributed by atoms with E-state index in [4.69, 9.17) is 0 Å². The van der Waals surface area contributed by atoms with Crippen LogP contribution in [0.3, 0.4) is 0 Å². The molecule has 6 nitrogen and oxygen atoms in total. The second-order valence-electron chi connectivity index (χ2n) is 3.39. The summed E-state index contributed by atoms with van der Waals surface area (Å²) in [6.45, 7) is 0. The van der Waals surface area contributed by atoms with Crippen molar-refractivity contribution in [1.82, 2.24) is 0 Å². The molecule has 0 amide bonds. The van der Waals surface area contributed by atoms with E-state index in [0.29, 0.717) is 0 Å². The van der Waals surface area contributed by atoms with E-state index in [1.54, 1.807) is 0 Å². The van der Waals surface area contributed by atoms with E-state index in [-0.39, 0.29) is 41.1 Å². The van der Waals surface area contributed by atoms with Gasteiger partial charge in [-0.2, -0.15) is 0 Å². The summed E-state index contributed by atoms with van der Waals surface area (Å²) >= 11 is 4.09. The van der Waals surface area contributed by atoms with Crippen molar-refractivity contribution in [2.24, 2.45) is 0 Å². The smallest absolute Gasteiger partial charge is 0.465 e. The van der Waals surface area contributed by atoms with Crippen LogP contribution >= 0.6 is 12.6 Å². The monoisotopic (exact) mass is 348 g/mol. The maximum atomic E-state index is 11.6. The van der Waals surface area contributed by atoms with Crippen molar-refractivity contribution in [2.75, 3.05) is 21.3 Å². The van der Waals surface area contributed by atoms with Gasteiger partial charge < -0.3 is 14.2 Å². The van der Waals surface area contributed by atoms with Crippen LogP contribution in [0.2, 0.25) is 0 Å². The van der Waals surface area contributed by atoms with E-state index in [1.807, 2.05) is 0 Å². The quantitative estimate of drug-likeness (QED) is 0.384. The molecule has 0 fully saturated rings. The number of methoxy groups -OCH3 is 3. The number of hydrogen-bond donors (Lipinski definition) is 1. The number of carbonyl (C=O) groups is 3. The van der Waals surface area contributed by atoms with Crippen LogP contribution in [0.5, 0.6) is 0 Å². The number of carbonyl (C=O) groups excluding carboxylic acids is 3. The fourth-order valence-electron chi connectivity index (χ4n) is 1.40. The van der Waals surface area contributed by atoms with Gasteiger partial charge in [0.1, 0.15) is 0 Å². The molecule has 0 aliphatic heterocycles. The van der Waals surface area contributed by atoms with Crippen LogP contribution in [-0.2, 0) is 33.7 Å². The van der Waals surface area contributed by atoms with Crippen LogP contribution in [0, 0.1) is 0 Å². The van der Waals surface area contributed by atoms with Gasteiger partial charge in [-0.3, -0.25) is 0 Å². The van der Waals surface area contributed by atoms with Crippen molar-refractivity contribution >= 4 is 30.5 Å². The standard InChI is InChI=1S/C12H12O6S.Zn/c1-16-10(13)6-4-7(11(14)17-2)9(19)8(5-6)12(15)18-3;/h4-5,19H,1-3H3;/q;+2. The number of rotatable bonds is 3. The van der Waals surface area contributed by atoms with E-state index >= 15 is 0 Å². The molecule has 0 saturated carbocycles. The first-order valence-electron chi connectivity index (χ1n) is 5.08. The van der Waals surface area contributed by atoms with Gasteiger partial charge in [0.25, 0.3) is 0 Å². The van der Waals surface area contributed by atoms with Crippen LogP contribution in [0.1, 0.15) is 31.1 Å². The Hall–Kier alpha value is -1.40. The molecule has 0 N–H and O–H groups in total. The number of ether oxygens (including phenoxy) is 3. The number of esters is 3. The molecule has 0 atom stereocenters. The Labute approximate surface area is 133 Å². The Kier molecular flexibility index (Phi) is 7.46. The van der Waals surface area contributed by atoms with E-state index in [1.165, 1.54) is 33.5 Å². The van der Waals surface area contributed by atoms with E-state index in [0.717, 1.165) is 0 Å². The minimum Gasteiger partial charge on any atom is -0.465 e. The fraction of sp³-hybridized carbons (Fsp3) is 0.250. The van der Waals surface area contributed by atoms with Gasteiger partial charge in [0.2, 0.25) is 0 Å². The van der Waals surface area contributed by atoms with Gasteiger partial charge in [-0.25, -0.2) is 14.4 Å². The first-order chi connectivity index (χ1) is 8.96. The molecule has 1 aromatic carbocycles. The van der Waals surface area contributed by atoms with Gasteiger partial charge in [-0.1, -0.05) is 0 Å². The van der Waals surface area contributed by atoms with Gasteiger partial charge in [0.15, 0.2) is 0 Å². The molecule has 102 valence electrons. The maximum absolute atomic E-state index is 11.6. The Morgan fingerprint density at radius 1 is 0.850 bits per heavy atom. The first kappa shape index (κ1) is 18.6. The van der Waals surface area contributed by atoms with Crippen molar-refractivity contribution in [3.8, 4) is 0 Å². The minimum absolute atomic E-state index is 0. The Balaban J connectivity index is 0.00000361. The molecule has 0 unspecified atom stereocenters. The van der Waals surface area contributed by atoms with Crippen molar-refractivity contribution in [3.63, 3.8) is 0 Å². The van der Waals surface area contributed by atoms with Crippen LogP contribution in [0.25, 0.3) is 0 Å². The van der Waals surface area contributed by atoms with Crippen molar-refractivity contribution in [3.05, 3.63) is 28.8 Å². The van der Waals surface area contributed by atoms with Crippen LogP contribution in [-0.4, -0.2) is 39.2 Å². The fourth-order valence-corrected chi connectivity index (χ4v) is 1.71. The molecule has 0 saturated heterocycles. The summed E-state index contributed by atoms with van der Waals surface area (Å²) in [5.41, 5.74) is -0.00985. The molecule has 8 heteroatoms. The first-order valence-corrected chi connectivity index (χ1v) is 5.53. The molecule has 1 rings (SSSR count). The molecule has 20 heavy (non-hydrogen) atoms. The zero-order valence-corrected chi connectivity index (χ0v) is 15.1. The van der Waals surface area contributed by atoms with Gasteiger partial charge in [0.05, 0.1) is 38.0 Å². The molecule has 0 aliphatic carbocycles. The van der Waals surface area contributed by atoms with Gasteiger partial charge in [0, 0.05) is 4.90 Å². The molecular weight excluding hydrogens is 338 g/mol. The molecular formula is C12H12O6SZn+2. The summed E-state index contributed by atoms with van der Waals surface area (Å²) < 4.78 is 13.7. The second kappa shape index (κ2) is 8.02. The maximum Gasteiger partial charge on any atom is 2.00 e. The summed E-state index contributed by atoms with van der Waals surface area (Å²) in [5.74, 6) is -2.13. The average molecular weight is 350 g/mol. The summed E-state index contributed by atoms with van der Waals surface area (Å²) in [4.78, 5) is 34.7. The van der Waals surface area contributed by atoms with Crippen LogP contribution in [0.4, 0.5) is 0 Å². The number of hydrogen-bond acceptors (Lipinski definition) is 7. The van der Waals surface area contributed by atoms with E-state index in [9.17, 15) is 14.4 Å². The topological polar surface area (TPSA) is 78.9 Å². The molecule has 0 heterocycles.